The van der Waals surface area contributed by atoms with Gasteiger partial charge in [-0.3, -0.25) is 11.2 Å². The summed E-state index contributed by atoms with van der Waals surface area (Å²) in [6.07, 6.45) is 2.26. The maximum atomic E-state index is 12.1. The maximum Gasteiger partial charge on any atom is 0.279 e. The number of carbonyl (C=O) groups excluding carboxylic acids is 1. The Bertz CT molecular complexity index is 440. The van der Waals surface area contributed by atoms with Gasteiger partial charge in [0.2, 0.25) is 0 Å². The van der Waals surface area contributed by atoms with Gasteiger partial charge in [-0.05, 0) is 5.56 Å². The minimum atomic E-state index is -0.812. The molecule has 0 aromatic heterocycles. The molecule has 3 nitrogen and oxygen atoms in total. The third-order valence-corrected chi connectivity index (χ3v) is 3.40. The van der Waals surface area contributed by atoms with Gasteiger partial charge in [0.25, 0.3) is 5.97 Å². The Hall–Kier alpha value is -0.181. The first-order valence-corrected chi connectivity index (χ1v) is 6.39. The molecular formula is C15H17BO3Y-2. The molecule has 0 amide bonds. The Kier molecular flexibility index (Phi) is 6.90. The fourth-order valence-corrected chi connectivity index (χ4v) is 2.16. The Labute approximate surface area is 147 Å². The van der Waals surface area contributed by atoms with E-state index in [0.29, 0.717) is 6.42 Å². The number of carbonyl (C=O) groups is 1. The molecule has 103 valence electrons. The van der Waals surface area contributed by atoms with E-state index < -0.39 is 17.5 Å². The Balaban J connectivity index is 0.00000200. The number of benzene rings is 1. The van der Waals surface area contributed by atoms with Crippen molar-refractivity contribution in [2.24, 2.45) is 5.92 Å². The van der Waals surface area contributed by atoms with Crippen molar-refractivity contribution in [3.05, 3.63) is 49.2 Å². The van der Waals surface area contributed by atoms with Crippen molar-refractivity contribution < 1.29 is 47.0 Å². The Morgan fingerprint density at radius 3 is 2.75 bits per heavy atom. The molecule has 1 heterocycles. The van der Waals surface area contributed by atoms with Gasteiger partial charge < -0.3 is 16.4 Å². The van der Waals surface area contributed by atoms with Crippen LogP contribution in [0.2, 0.25) is 0 Å². The van der Waals surface area contributed by atoms with Crippen LogP contribution in [0.25, 0.3) is 0 Å². The SMILES string of the molecule is [B][C@H]1[CH-][C@@H](C(=O)OCc2ccccc2)C([CH2-])(CC)O1.[Y]. The first-order valence-electron chi connectivity index (χ1n) is 6.39. The van der Waals surface area contributed by atoms with Gasteiger partial charge in [-0.1, -0.05) is 55.2 Å². The molecule has 3 radical (unpaired) electrons. The van der Waals surface area contributed by atoms with Crippen LogP contribution in [0.15, 0.2) is 30.3 Å². The topological polar surface area (TPSA) is 35.5 Å². The molecule has 20 heavy (non-hydrogen) atoms. The summed E-state index contributed by atoms with van der Waals surface area (Å²) < 4.78 is 10.8. The second-order valence-electron chi connectivity index (χ2n) is 4.76. The largest absolute Gasteiger partial charge is 0.462 e. The molecule has 1 aromatic carbocycles. The summed E-state index contributed by atoms with van der Waals surface area (Å²) in [5.41, 5.74) is 0.137. The van der Waals surface area contributed by atoms with Crippen molar-refractivity contribution >= 4 is 13.8 Å². The average Bonchev–Trinajstić information content (AvgIpc) is 2.73. The molecule has 5 heteroatoms. The van der Waals surface area contributed by atoms with Crippen molar-refractivity contribution in [1.82, 2.24) is 0 Å². The van der Waals surface area contributed by atoms with E-state index >= 15 is 0 Å². The van der Waals surface area contributed by atoms with Crippen molar-refractivity contribution in [2.75, 3.05) is 0 Å². The molecule has 0 bridgehead atoms. The second kappa shape index (κ2) is 7.72. The Morgan fingerprint density at radius 1 is 1.50 bits per heavy atom. The standard InChI is InChI=1S/C15H17BO3.Y/c1-3-15(2)12(9-13(16)19-15)14(17)18-10-11-7-5-4-6-8-11;/h4-9,12-13H,2-3,10H2,1H3;/q-2;/t12-,13+,15?;/m0./s1. The van der Waals surface area contributed by atoms with Crippen LogP contribution in [0.3, 0.4) is 0 Å². The quantitative estimate of drug-likeness (QED) is 0.476. The van der Waals surface area contributed by atoms with Crippen LogP contribution >= 0.6 is 0 Å². The van der Waals surface area contributed by atoms with E-state index in [0.717, 1.165) is 5.56 Å². The van der Waals surface area contributed by atoms with E-state index in [4.69, 9.17) is 17.3 Å². The summed E-state index contributed by atoms with van der Waals surface area (Å²) in [7, 11) is 5.70. The minimum Gasteiger partial charge on any atom is -0.462 e. The first kappa shape index (κ1) is 17.9. The van der Waals surface area contributed by atoms with Crippen LogP contribution in [-0.4, -0.2) is 25.4 Å². The zero-order chi connectivity index (χ0) is 13.9. The zero-order valence-corrected chi connectivity index (χ0v) is 14.5. The summed E-state index contributed by atoms with van der Waals surface area (Å²) >= 11 is 0. The number of rotatable bonds is 4. The molecule has 1 aromatic rings. The van der Waals surface area contributed by atoms with Crippen LogP contribution in [0.1, 0.15) is 18.9 Å². The molecule has 1 unspecified atom stereocenters. The van der Waals surface area contributed by atoms with Gasteiger partial charge >= 0.3 is 0 Å². The third kappa shape index (κ3) is 4.16. The van der Waals surface area contributed by atoms with Crippen LogP contribution in [0.5, 0.6) is 0 Å². The van der Waals surface area contributed by atoms with E-state index in [9.17, 15) is 4.79 Å². The summed E-state index contributed by atoms with van der Waals surface area (Å²) in [5.74, 6) is -0.857. The molecule has 0 aliphatic carbocycles. The van der Waals surface area contributed by atoms with Crippen molar-refractivity contribution in [1.29, 1.82) is 0 Å². The zero-order valence-electron chi connectivity index (χ0n) is 11.6. The van der Waals surface area contributed by atoms with Crippen LogP contribution in [0, 0.1) is 19.3 Å². The molecule has 2 rings (SSSR count). The monoisotopic (exact) mass is 345 g/mol. The summed E-state index contributed by atoms with van der Waals surface area (Å²) in [6.45, 7) is 6.12. The summed E-state index contributed by atoms with van der Waals surface area (Å²) in [6, 6.07) is 8.98. The van der Waals surface area contributed by atoms with Gasteiger partial charge in [0, 0.05) is 32.7 Å². The van der Waals surface area contributed by atoms with Gasteiger partial charge in [-0.2, -0.15) is 0 Å². The molecule has 1 aliphatic rings. The summed E-state index contributed by atoms with van der Waals surface area (Å²) in [5, 5.41) is 0. The Morgan fingerprint density at radius 2 is 2.15 bits per heavy atom. The molecule has 1 saturated heterocycles. The fraction of sp³-hybridized carbons (Fsp3) is 0.400. The summed E-state index contributed by atoms with van der Waals surface area (Å²) in [4.78, 5) is 12.1. The maximum absolute atomic E-state index is 12.1. The molecule has 0 saturated carbocycles. The fourth-order valence-electron chi connectivity index (χ4n) is 2.16. The van der Waals surface area contributed by atoms with Gasteiger partial charge in [0.05, 0.1) is 7.85 Å². The number of ether oxygens (including phenoxy) is 2. The van der Waals surface area contributed by atoms with Gasteiger partial charge in [-0.15, -0.1) is 6.00 Å². The average molecular weight is 345 g/mol. The van der Waals surface area contributed by atoms with Crippen molar-refractivity contribution in [3.8, 4) is 0 Å². The van der Waals surface area contributed by atoms with E-state index in [1.54, 1.807) is 6.42 Å². The van der Waals surface area contributed by atoms with E-state index in [1.807, 2.05) is 37.3 Å². The van der Waals surface area contributed by atoms with Crippen molar-refractivity contribution in [2.45, 2.75) is 31.6 Å². The van der Waals surface area contributed by atoms with E-state index in [2.05, 4.69) is 6.92 Å². The molecule has 1 aliphatic heterocycles. The predicted octanol–water partition coefficient (Wildman–Crippen LogP) is 2.06. The van der Waals surface area contributed by atoms with E-state index in [1.165, 1.54) is 0 Å². The number of hydrogen-bond donors (Lipinski definition) is 0. The van der Waals surface area contributed by atoms with Crippen LogP contribution < -0.4 is 0 Å². The smallest absolute Gasteiger partial charge is 0.279 e. The van der Waals surface area contributed by atoms with Gasteiger partial charge in [0.1, 0.15) is 6.61 Å². The molecule has 0 N–H and O–H groups in total. The van der Waals surface area contributed by atoms with Crippen molar-refractivity contribution in [3.63, 3.8) is 0 Å². The van der Waals surface area contributed by atoms with Crippen LogP contribution in [-0.2, 0) is 53.6 Å². The first-order chi connectivity index (χ1) is 9.05. The second-order valence-corrected chi connectivity index (χ2v) is 4.76. The van der Waals surface area contributed by atoms with Gasteiger partial charge in [0.15, 0.2) is 0 Å². The third-order valence-electron chi connectivity index (χ3n) is 3.40. The normalized spacial score (nSPS) is 28.7. The number of hydrogen-bond acceptors (Lipinski definition) is 3. The molecule has 3 atom stereocenters. The molecule has 1 fully saturated rings. The predicted molar refractivity (Wildman–Crippen MR) is 73.0 cm³/mol. The van der Waals surface area contributed by atoms with Gasteiger partial charge in [-0.25, -0.2) is 0 Å². The van der Waals surface area contributed by atoms with E-state index in [-0.39, 0.29) is 45.3 Å². The van der Waals surface area contributed by atoms with Crippen LogP contribution in [0.4, 0.5) is 0 Å². The molecule has 0 spiro atoms. The number of esters is 1. The minimum absolute atomic E-state index is 0. The molecular weight excluding hydrogens is 328 g/mol.